The summed E-state index contributed by atoms with van der Waals surface area (Å²) in [6, 6.07) is 23.1. The van der Waals surface area contributed by atoms with Gasteiger partial charge in [0.25, 0.3) is 17.5 Å². The highest BCUT2D eigenvalue weighted by Crippen LogP contribution is 2.31. The zero-order chi connectivity index (χ0) is 24.9. The first-order valence-corrected chi connectivity index (χ1v) is 10.6. The van der Waals surface area contributed by atoms with Gasteiger partial charge < -0.3 is 10.6 Å². The number of amidine groups is 1. The maximum atomic E-state index is 13.0. The molecule has 3 aromatic rings. The topological polar surface area (TPSA) is 137 Å². The van der Waals surface area contributed by atoms with Gasteiger partial charge in [-0.2, -0.15) is 5.26 Å². The van der Waals surface area contributed by atoms with Crippen LogP contribution in [0.3, 0.4) is 0 Å². The van der Waals surface area contributed by atoms with E-state index in [4.69, 9.17) is 0 Å². The Hall–Kier alpha value is -5.10. The van der Waals surface area contributed by atoms with E-state index in [1.54, 1.807) is 24.3 Å². The van der Waals surface area contributed by atoms with Gasteiger partial charge in [0, 0.05) is 28.8 Å². The lowest BCUT2D eigenvalue weighted by Gasteiger charge is -2.14. The first-order chi connectivity index (χ1) is 16.9. The number of carbonyl (C=O) groups excluding carboxylic acids is 2. The number of rotatable bonds is 5. The molecule has 0 aliphatic carbocycles. The van der Waals surface area contributed by atoms with Gasteiger partial charge in [0.05, 0.1) is 16.7 Å². The molecule has 35 heavy (non-hydrogen) atoms. The minimum Gasteiger partial charge on any atom is -0.345 e. The van der Waals surface area contributed by atoms with Crippen molar-refractivity contribution < 1.29 is 14.5 Å². The van der Waals surface area contributed by atoms with E-state index in [1.807, 2.05) is 43.3 Å². The quantitative estimate of drug-likeness (QED) is 0.255. The Morgan fingerprint density at radius 2 is 1.69 bits per heavy atom. The number of nitrogens with one attached hydrogen (secondary N) is 2. The van der Waals surface area contributed by atoms with Crippen molar-refractivity contribution in [2.75, 3.05) is 0 Å². The maximum absolute atomic E-state index is 13.0. The molecule has 0 unspecified atom stereocenters. The van der Waals surface area contributed by atoms with Crippen molar-refractivity contribution in [2.24, 2.45) is 4.99 Å². The number of nitriles is 1. The molecule has 0 bridgehead atoms. The number of nitro groups is 1. The molecule has 1 heterocycles. The van der Waals surface area contributed by atoms with Gasteiger partial charge in [0.2, 0.25) is 0 Å². The summed E-state index contributed by atoms with van der Waals surface area (Å²) in [6.45, 7) is 1.81. The van der Waals surface area contributed by atoms with Crippen molar-refractivity contribution in [1.29, 1.82) is 5.26 Å². The molecule has 1 atom stereocenters. The van der Waals surface area contributed by atoms with Gasteiger partial charge in [-0.25, -0.2) is 4.99 Å². The van der Waals surface area contributed by atoms with Crippen molar-refractivity contribution in [3.63, 3.8) is 0 Å². The average Bonchev–Trinajstić information content (AvgIpc) is 3.23. The third-order valence-electron chi connectivity index (χ3n) is 5.43. The van der Waals surface area contributed by atoms with Gasteiger partial charge in [-0.3, -0.25) is 19.7 Å². The molecule has 0 radical (unpaired) electrons. The monoisotopic (exact) mass is 465 g/mol. The number of benzene rings is 3. The van der Waals surface area contributed by atoms with Crippen LogP contribution in [-0.2, 0) is 4.79 Å². The summed E-state index contributed by atoms with van der Waals surface area (Å²) in [5.74, 6) is -1.06. The summed E-state index contributed by atoms with van der Waals surface area (Å²) in [4.78, 5) is 40.6. The molecule has 1 aliphatic rings. The number of non-ortho nitro benzene ring substituents is 1. The zero-order valence-electron chi connectivity index (χ0n) is 18.6. The number of hydrogen-bond acceptors (Lipinski definition) is 6. The van der Waals surface area contributed by atoms with Gasteiger partial charge in [0.15, 0.2) is 0 Å². The summed E-state index contributed by atoms with van der Waals surface area (Å²) in [6.07, 6.45) is 0. The van der Waals surface area contributed by atoms with Crippen LogP contribution >= 0.6 is 0 Å². The Balaban J connectivity index is 1.66. The summed E-state index contributed by atoms with van der Waals surface area (Å²) in [5.41, 5.74) is 1.71. The third-order valence-corrected chi connectivity index (χ3v) is 5.43. The predicted octanol–water partition coefficient (Wildman–Crippen LogP) is 3.90. The molecule has 0 saturated carbocycles. The normalized spacial score (nSPS) is 14.1. The molecule has 9 heteroatoms. The van der Waals surface area contributed by atoms with E-state index >= 15 is 0 Å². The van der Waals surface area contributed by atoms with Crippen LogP contribution in [0.25, 0.3) is 5.70 Å². The highest BCUT2D eigenvalue weighted by Gasteiger charge is 2.28. The highest BCUT2D eigenvalue weighted by atomic mass is 16.6. The predicted molar refractivity (Wildman–Crippen MR) is 129 cm³/mol. The molecule has 4 rings (SSSR count). The standard InChI is InChI=1S/C26H19N5O4/c1-16(17-8-3-2-4-9-17)28-26(33)22(15-27)23-20-12-5-6-13-21(20)24(29-23)30-25(32)18-10-7-11-19(14-18)31(34)35/h2-14,16H,1H3,(H,28,33)(H,29,30,32)/b23-22-/t16-/m1/s1. The minimum absolute atomic E-state index is 0.0757. The largest absolute Gasteiger partial charge is 0.345 e. The molecule has 1 aliphatic heterocycles. The maximum Gasteiger partial charge on any atom is 0.270 e. The number of carbonyl (C=O) groups is 2. The van der Waals surface area contributed by atoms with Crippen molar-refractivity contribution >= 4 is 29.0 Å². The molecule has 0 spiro atoms. The lowest BCUT2D eigenvalue weighted by Crippen LogP contribution is -2.30. The minimum atomic E-state index is -0.607. The first kappa shape index (κ1) is 23.1. The molecule has 0 fully saturated rings. The lowest BCUT2D eigenvalue weighted by atomic mass is 10.0. The van der Waals surface area contributed by atoms with Crippen LogP contribution in [0.2, 0.25) is 0 Å². The SMILES string of the molecule is C[C@@H](NC(=O)/C(C#N)=C1\N=C(NC(=O)c2cccc([N+](=O)[O-])c2)c2ccccc21)c1ccccc1. The second kappa shape index (κ2) is 9.80. The molecule has 2 amide bonds. The summed E-state index contributed by atoms with van der Waals surface area (Å²) in [7, 11) is 0. The Kier molecular flexibility index (Phi) is 6.46. The molecular formula is C26H19N5O4. The Bertz CT molecular complexity index is 1440. The number of nitrogens with zero attached hydrogens (tertiary/aromatic N) is 3. The lowest BCUT2D eigenvalue weighted by molar-refractivity contribution is -0.384. The second-order valence-electron chi connectivity index (χ2n) is 7.71. The molecule has 9 nitrogen and oxygen atoms in total. The molecule has 0 saturated heterocycles. The fourth-order valence-corrected chi connectivity index (χ4v) is 3.66. The Morgan fingerprint density at radius 3 is 2.37 bits per heavy atom. The van der Waals surface area contributed by atoms with E-state index in [0.717, 1.165) is 11.6 Å². The first-order valence-electron chi connectivity index (χ1n) is 10.6. The van der Waals surface area contributed by atoms with E-state index in [1.165, 1.54) is 18.2 Å². The van der Waals surface area contributed by atoms with Crippen LogP contribution in [0.15, 0.2) is 89.4 Å². The van der Waals surface area contributed by atoms with Crippen LogP contribution in [0, 0.1) is 21.4 Å². The average molecular weight is 465 g/mol. The number of fused-ring (bicyclic) bond motifs is 1. The van der Waals surface area contributed by atoms with Crippen molar-refractivity contribution in [3.05, 3.63) is 117 Å². The van der Waals surface area contributed by atoms with Gasteiger partial charge in [-0.15, -0.1) is 0 Å². The molecule has 3 aromatic carbocycles. The Labute approximate surface area is 200 Å². The summed E-state index contributed by atoms with van der Waals surface area (Å²) in [5, 5.41) is 26.3. The number of nitro benzene ring substituents is 1. The van der Waals surface area contributed by atoms with Gasteiger partial charge in [0.1, 0.15) is 17.5 Å². The van der Waals surface area contributed by atoms with Crippen LogP contribution in [0.4, 0.5) is 5.69 Å². The van der Waals surface area contributed by atoms with E-state index < -0.39 is 16.7 Å². The van der Waals surface area contributed by atoms with Crippen LogP contribution < -0.4 is 10.6 Å². The van der Waals surface area contributed by atoms with E-state index in [0.29, 0.717) is 11.1 Å². The fourth-order valence-electron chi connectivity index (χ4n) is 3.66. The molecule has 2 N–H and O–H groups in total. The van der Waals surface area contributed by atoms with Crippen molar-refractivity contribution in [1.82, 2.24) is 10.6 Å². The summed E-state index contributed by atoms with van der Waals surface area (Å²) >= 11 is 0. The van der Waals surface area contributed by atoms with E-state index in [9.17, 15) is 25.0 Å². The van der Waals surface area contributed by atoms with Gasteiger partial charge in [-0.1, -0.05) is 60.7 Å². The number of hydrogen-bond donors (Lipinski definition) is 2. The fraction of sp³-hybridized carbons (Fsp3) is 0.0769. The number of amides is 2. The molecule has 172 valence electrons. The van der Waals surface area contributed by atoms with Crippen molar-refractivity contribution in [3.8, 4) is 6.07 Å². The van der Waals surface area contributed by atoms with Gasteiger partial charge >= 0.3 is 0 Å². The highest BCUT2D eigenvalue weighted by molar-refractivity contribution is 6.20. The smallest absolute Gasteiger partial charge is 0.270 e. The van der Waals surface area contributed by atoms with E-state index in [2.05, 4.69) is 15.6 Å². The van der Waals surface area contributed by atoms with Crippen LogP contribution in [0.1, 0.15) is 40.0 Å². The van der Waals surface area contributed by atoms with Gasteiger partial charge in [-0.05, 0) is 18.6 Å². The van der Waals surface area contributed by atoms with E-state index in [-0.39, 0.29) is 34.4 Å². The molecule has 0 aromatic heterocycles. The summed E-state index contributed by atoms with van der Waals surface area (Å²) < 4.78 is 0. The third kappa shape index (κ3) is 4.82. The second-order valence-corrected chi connectivity index (χ2v) is 7.71. The van der Waals surface area contributed by atoms with Crippen LogP contribution in [-0.4, -0.2) is 22.6 Å². The van der Waals surface area contributed by atoms with Crippen molar-refractivity contribution in [2.45, 2.75) is 13.0 Å². The Morgan fingerprint density at radius 1 is 1.00 bits per heavy atom. The molecular weight excluding hydrogens is 446 g/mol. The zero-order valence-corrected chi connectivity index (χ0v) is 18.6. The number of aliphatic imine (C=N–C) groups is 1. The van der Waals surface area contributed by atoms with Crippen LogP contribution in [0.5, 0.6) is 0 Å².